The summed E-state index contributed by atoms with van der Waals surface area (Å²) in [4.78, 5) is 45.8. The number of amides is 1. The molecule has 0 aliphatic carbocycles. The summed E-state index contributed by atoms with van der Waals surface area (Å²) >= 11 is 1.32. The molecule has 5 rings (SSSR count). The third-order valence-electron chi connectivity index (χ3n) is 7.81. The summed E-state index contributed by atoms with van der Waals surface area (Å²) in [6, 6.07) is 7.02. The van der Waals surface area contributed by atoms with Crippen LogP contribution in [0, 0.1) is 12.7 Å². The van der Waals surface area contributed by atoms with Gasteiger partial charge in [-0.25, -0.2) is 23.7 Å². The standard InChI is InChI=1S/C32H36FN7O2S/c1-8-13-37(7)24-12-10-11-20(5)26(24)28-23(33)16-22-29(39-15-14-38(17-21(39)6)25(41)9-2)36-32(42)40(30(22)35-28)31-27(19(3)4)34-18-43-31/h8-12,16,18-19,21H,1-2,13-15,17H2,3-7H3/t21-/m0/s1. The first-order valence-electron chi connectivity index (χ1n) is 14.2. The van der Waals surface area contributed by atoms with Gasteiger partial charge in [0.05, 0.1) is 16.6 Å². The van der Waals surface area contributed by atoms with E-state index in [1.807, 2.05) is 62.7 Å². The zero-order valence-electron chi connectivity index (χ0n) is 25.2. The highest BCUT2D eigenvalue weighted by Gasteiger charge is 2.31. The molecule has 0 radical (unpaired) electrons. The van der Waals surface area contributed by atoms with Gasteiger partial charge in [-0.2, -0.15) is 4.98 Å². The number of benzene rings is 1. The van der Waals surface area contributed by atoms with Crippen molar-refractivity contribution in [1.82, 2.24) is 24.4 Å². The maximum atomic E-state index is 16.3. The SMILES string of the molecule is C=CCN(C)c1cccc(C)c1-c1nc2c(cc1F)c(N1CCN(C(=O)C=C)C[C@@H]1C)nc(=O)n2-c1scnc1C(C)C. The average Bonchev–Trinajstić information content (AvgIpc) is 3.46. The largest absolute Gasteiger partial charge is 0.370 e. The molecule has 43 heavy (non-hydrogen) atoms. The second-order valence-electron chi connectivity index (χ2n) is 11.1. The number of pyridine rings is 1. The molecule has 1 aliphatic heterocycles. The van der Waals surface area contributed by atoms with Gasteiger partial charge in [-0.1, -0.05) is 38.6 Å². The van der Waals surface area contributed by atoms with E-state index < -0.39 is 11.5 Å². The van der Waals surface area contributed by atoms with E-state index in [-0.39, 0.29) is 23.6 Å². The molecule has 224 valence electrons. The van der Waals surface area contributed by atoms with E-state index in [2.05, 4.69) is 23.1 Å². The fraction of sp³-hybridized carbons (Fsp3) is 0.344. The van der Waals surface area contributed by atoms with Gasteiger partial charge in [-0.05, 0) is 43.5 Å². The van der Waals surface area contributed by atoms with Crippen LogP contribution in [0.15, 0.2) is 59.9 Å². The van der Waals surface area contributed by atoms with Crippen LogP contribution in [0.1, 0.15) is 37.9 Å². The Morgan fingerprint density at radius 2 is 2.02 bits per heavy atom. The van der Waals surface area contributed by atoms with E-state index in [1.165, 1.54) is 28.0 Å². The molecule has 1 aromatic carbocycles. The molecule has 11 heteroatoms. The number of halogens is 1. The molecule has 0 N–H and O–H groups in total. The van der Waals surface area contributed by atoms with E-state index in [0.29, 0.717) is 53.6 Å². The molecule has 0 unspecified atom stereocenters. The number of piperazine rings is 1. The number of hydrogen-bond donors (Lipinski definition) is 0. The van der Waals surface area contributed by atoms with Crippen LogP contribution in [0.25, 0.3) is 27.3 Å². The van der Waals surface area contributed by atoms with Crippen molar-refractivity contribution < 1.29 is 9.18 Å². The van der Waals surface area contributed by atoms with E-state index in [4.69, 9.17) is 4.98 Å². The third-order valence-corrected chi connectivity index (χ3v) is 8.64. The molecule has 0 saturated carbocycles. The minimum atomic E-state index is -0.524. The first-order valence-corrected chi connectivity index (χ1v) is 15.1. The molecule has 1 amide bonds. The molecule has 3 aromatic heterocycles. The van der Waals surface area contributed by atoms with Crippen molar-refractivity contribution >= 4 is 39.8 Å². The van der Waals surface area contributed by atoms with Gasteiger partial charge in [-0.3, -0.25) is 4.79 Å². The van der Waals surface area contributed by atoms with Crippen molar-refractivity contribution in [2.24, 2.45) is 0 Å². The second kappa shape index (κ2) is 12.1. The van der Waals surface area contributed by atoms with Gasteiger partial charge in [0.1, 0.15) is 22.3 Å². The van der Waals surface area contributed by atoms with Crippen LogP contribution in [-0.4, -0.2) is 69.6 Å². The molecule has 1 aliphatic rings. The molecule has 0 bridgehead atoms. The van der Waals surface area contributed by atoms with Crippen LogP contribution in [-0.2, 0) is 4.79 Å². The average molecular weight is 602 g/mol. The summed E-state index contributed by atoms with van der Waals surface area (Å²) in [5, 5.41) is 1.02. The molecule has 1 fully saturated rings. The van der Waals surface area contributed by atoms with Gasteiger partial charge < -0.3 is 14.7 Å². The van der Waals surface area contributed by atoms with Crippen molar-refractivity contribution in [3.8, 4) is 16.3 Å². The van der Waals surface area contributed by atoms with Gasteiger partial charge in [0.15, 0.2) is 5.65 Å². The Labute approximate surface area is 254 Å². The van der Waals surface area contributed by atoms with Crippen LogP contribution in [0.2, 0.25) is 0 Å². The Morgan fingerprint density at radius 3 is 2.70 bits per heavy atom. The molecular weight excluding hydrogens is 565 g/mol. The lowest BCUT2D eigenvalue weighted by atomic mass is 10.0. The maximum absolute atomic E-state index is 16.3. The van der Waals surface area contributed by atoms with Gasteiger partial charge in [0, 0.05) is 50.5 Å². The van der Waals surface area contributed by atoms with Gasteiger partial charge >= 0.3 is 5.69 Å². The monoisotopic (exact) mass is 601 g/mol. The molecule has 1 atom stereocenters. The van der Waals surface area contributed by atoms with Crippen molar-refractivity contribution in [3.63, 3.8) is 0 Å². The normalized spacial score (nSPS) is 15.3. The van der Waals surface area contributed by atoms with E-state index in [0.717, 1.165) is 16.9 Å². The van der Waals surface area contributed by atoms with Gasteiger partial charge in [0.2, 0.25) is 5.91 Å². The number of hydrogen-bond acceptors (Lipinski definition) is 8. The Balaban J connectivity index is 1.80. The minimum absolute atomic E-state index is 0.0359. The van der Waals surface area contributed by atoms with Crippen molar-refractivity contribution in [2.75, 3.05) is 43.0 Å². The molecule has 0 spiro atoms. The lowest BCUT2D eigenvalue weighted by Crippen LogP contribution is -2.54. The Hall–Kier alpha value is -4.38. The lowest BCUT2D eigenvalue weighted by Gasteiger charge is -2.40. The number of aromatic nitrogens is 4. The summed E-state index contributed by atoms with van der Waals surface area (Å²) in [5.41, 5.74) is 4.64. The number of carbonyl (C=O) groups is 1. The first-order chi connectivity index (χ1) is 20.6. The second-order valence-corrected chi connectivity index (χ2v) is 11.9. The number of likely N-dealkylation sites (N-methyl/N-ethyl adjacent to an activating group) is 1. The molecule has 4 heterocycles. The quantitative estimate of drug-likeness (QED) is 0.200. The predicted octanol–water partition coefficient (Wildman–Crippen LogP) is 5.32. The zero-order chi connectivity index (χ0) is 31.0. The zero-order valence-corrected chi connectivity index (χ0v) is 26.0. The van der Waals surface area contributed by atoms with Crippen LogP contribution >= 0.6 is 11.3 Å². The van der Waals surface area contributed by atoms with E-state index in [9.17, 15) is 9.59 Å². The molecular formula is C32H36FN7O2S. The third kappa shape index (κ3) is 5.45. The maximum Gasteiger partial charge on any atom is 0.356 e. The van der Waals surface area contributed by atoms with Gasteiger partial charge in [0.25, 0.3) is 0 Å². The highest BCUT2D eigenvalue weighted by Crippen LogP contribution is 2.38. The van der Waals surface area contributed by atoms with Gasteiger partial charge in [-0.15, -0.1) is 17.9 Å². The number of rotatable bonds is 8. The fourth-order valence-electron chi connectivity index (χ4n) is 5.67. The number of aryl methyl sites for hydroxylation is 1. The number of thiazole rings is 1. The first kappa shape index (κ1) is 30.1. The highest BCUT2D eigenvalue weighted by molar-refractivity contribution is 7.12. The summed E-state index contributed by atoms with van der Waals surface area (Å²) in [5.74, 6) is -0.297. The number of anilines is 2. The predicted molar refractivity (Wildman–Crippen MR) is 172 cm³/mol. The summed E-state index contributed by atoms with van der Waals surface area (Å²) in [6.45, 7) is 17.1. The van der Waals surface area contributed by atoms with Crippen LogP contribution in [0.5, 0.6) is 0 Å². The van der Waals surface area contributed by atoms with E-state index >= 15 is 4.39 Å². The lowest BCUT2D eigenvalue weighted by molar-refractivity contribution is -0.126. The highest BCUT2D eigenvalue weighted by atomic mass is 32.1. The molecule has 4 aromatic rings. The Bertz CT molecular complexity index is 1780. The minimum Gasteiger partial charge on any atom is -0.370 e. The molecule has 1 saturated heterocycles. The van der Waals surface area contributed by atoms with Crippen LogP contribution in [0.4, 0.5) is 15.9 Å². The fourth-order valence-corrected chi connectivity index (χ4v) is 6.61. The Kier molecular flexibility index (Phi) is 8.45. The Morgan fingerprint density at radius 1 is 1.26 bits per heavy atom. The van der Waals surface area contributed by atoms with Crippen LogP contribution < -0.4 is 15.5 Å². The summed E-state index contributed by atoms with van der Waals surface area (Å²) in [6.07, 6.45) is 3.08. The van der Waals surface area contributed by atoms with Crippen molar-refractivity contribution in [1.29, 1.82) is 0 Å². The topological polar surface area (TPSA) is 87.5 Å². The number of fused-ring (bicyclic) bond motifs is 1. The van der Waals surface area contributed by atoms with Crippen molar-refractivity contribution in [3.05, 3.63) is 82.6 Å². The molecule has 9 nitrogen and oxygen atoms in total. The smallest absolute Gasteiger partial charge is 0.356 e. The number of nitrogens with zero attached hydrogens (tertiary/aromatic N) is 7. The summed E-state index contributed by atoms with van der Waals surface area (Å²) < 4.78 is 17.8. The number of carbonyl (C=O) groups excluding carboxylic acids is 1. The van der Waals surface area contributed by atoms with Crippen molar-refractivity contribution in [2.45, 2.75) is 39.7 Å². The van der Waals surface area contributed by atoms with E-state index in [1.54, 1.807) is 16.5 Å². The summed E-state index contributed by atoms with van der Waals surface area (Å²) in [7, 11) is 1.92. The van der Waals surface area contributed by atoms with Crippen LogP contribution in [0.3, 0.4) is 0 Å².